The molecule has 4 aromatic heterocycles. The summed E-state index contributed by atoms with van der Waals surface area (Å²) in [5.74, 6) is 0. The van der Waals surface area contributed by atoms with Gasteiger partial charge in [0, 0.05) is 24.8 Å². The zero-order valence-corrected chi connectivity index (χ0v) is 12.3. The molecule has 0 N–H and O–H groups in total. The second-order valence-corrected chi connectivity index (χ2v) is 5.05. The summed E-state index contributed by atoms with van der Waals surface area (Å²) in [6, 6.07) is 15.5. The molecule has 0 aliphatic heterocycles. The molecule has 0 radical (unpaired) electrons. The fourth-order valence-electron chi connectivity index (χ4n) is 2.33. The standard InChI is InChI=1S/C16H13BN6/c1-3-9-18-13(5-1)15-7-11-22(20-15)17-23-12-8-16(21-23)14-6-2-4-10-19-14/h1-12,17H. The van der Waals surface area contributed by atoms with Gasteiger partial charge in [0.2, 0.25) is 0 Å². The van der Waals surface area contributed by atoms with E-state index in [2.05, 4.69) is 20.2 Å². The topological polar surface area (TPSA) is 61.4 Å². The molecule has 0 aliphatic rings. The highest BCUT2D eigenvalue weighted by atomic mass is 15.3. The number of pyridine rings is 2. The van der Waals surface area contributed by atoms with Crippen molar-refractivity contribution in [1.29, 1.82) is 0 Å². The van der Waals surface area contributed by atoms with Crippen LogP contribution >= 0.6 is 0 Å². The van der Waals surface area contributed by atoms with Crippen LogP contribution in [0.1, 0.15) is 0 Å². The summed E-state index contributed by atoms with van der Waals surface area (Å²) in [6.45, 7) is 0. The van der Waals surface area contributed by atoms with Gasteiger partial charge in [-0.25, -0.2) is 0 Å². The second kappa shape index (κ2) is 5.88. The van der Waals surface area contributed by atoms with Gasteiger partial charge in [0.15, 0.2) is 0 Å². The van der Waals surface area contributed by atoms with Gasteiger partial charge in [0.25, 0.3) is 0 Å². The first kappa shape index (κ1) is 13.4. The number of hydrogen-bond donors (Lipinski definition) is 0. The lowest BCUT2D eigenvalue weighted by molar-refractivity contribution is 0.886. The van der Waals surface area contributed by atoms with Gasteiger partial charge in [-0.1, -0.05) is 12.1 Å². The molecule has 0 amide bonds. The molecule has 7 heteroatoms. The molecule has 0 aromatic carbocycles. The van der Waals surface area contributed by atoms with Crippen molar-refractivity contribution in [3.8, 4) is 22.8 Å². The Hall–Kier alpha value is -3.22. The number of aromatic nitrogens is 6. The maximum atomic E-state index is 4.54. The lowest BCUT2D eigenvalue weighted by atomic mass is 10.2. The first-order valence-corrected chi connectivity index (χ1v) is 7.28. The normalized spacial score (nSPS) is 10.6. The summed E-state index contributed by atoms with van der Waals surface area (Å²) in [5, 5.41) is 9.07. The Bertz CT molecular complexity index is 825. The minimum atomic E-state index is 0.541. The largest absolute Gasteiger partial charge is 0.401 e. The van der Waals surface area contributed by atoms with Crippen molar-refractivity contribution in [2.24, 2.45) is 0 Å². The number of hydrogen-bond acceptors (Lipinski definition) is 4. The monoisotopic (exact) mass is 300 g/mol. The highest BCUT2D eigenvalue weighted by Gasteiger charge is 2.07. The summed E-state index contributed by atoms with van der Waals surface area (Å²) in [5.41, 5.74) is 3.42. The first-order chi connectivity index (χ1) is 11.4. The van der Waals surface area contributed by atoms with Gasteiger partial charge >= 0.3 is 7.55 Å². The summed E-state index contributed by atoms with van der Waals surface area (Å²) in [4.78, 5) is 8.61. The van der Waals surface area contributed by atoms with Crippen LogP contribution < -0.4 is 0 Å². The molecule has 0 atom stereocenters. The van der Waals surface area contributed by atoms with E-state index in [1.165, 1.54) is 0 Å². The summed E-state index contributed by atoms with van der Waals surface area (Å²) in [7, 11) is 0.541. The maximum absolute atomic E-state index is 4.54. The van der Waals surface area contributed by atoms with Gasteiger partial charge in [-0.2, -0.15) is 10.2 Å². The van der Waals surface area contributed by atoms with Gasteiger partial charge in [-0.15, -0.1) is 0 Å². The molecule has 0 saturated heterocycles. The van der Waals surface area contributed by atoms with Crippen molar-refractivity contribution in [2.45, 2.75) is 0 Å². The van der Waals surface area contributed by atoms with E-state index in [9.17, 15) is 0 Å². The first-order valence-electron chi connectivity index (χ1n) is 7.28. The van der Waals surface area contributed by atoms with Crippen LogP contribution in [0.5, 0.6) is 0 Å². The molecule has 0 spiro atoms. The van der Waals surface area contributed by atoms with E-state index in [1.54, 1.807) is 12.4 Å². The minimum absolute atomic E-state index is 0.541. The second-order valence-electron chi connectivity index (χ2n) is 5.05. The Kier molecular flexibility index (Phi) is 3.44. The Balaban J connectivity index is 1.53. The molecule has 0 bridgehead atoms. The van der Waals surface area contributed by atoms with Gasteiger partial charge in [0.1, 0.15) is 11.4 Å². The average molecular weight is 300 g/mol. The third-order valence-electron chi connectivity index (χ3n) is 3.43. The molecule has 4 aromatic rings. The van der Waals surface area contributed by atoms with Crippen LogP contribution in [0.3, 0.4) is 0 Å². The molecule has 0 unspecified atom stereocenters. The van der Waals surface area contributed by atoms with Crippen LogP contribution in [0.4, 0.5) is 0 Å². The molecule has 110 valence electrons. The zero-order chi connectivity index (χ0) is 15.5. The quantitative estimate of drug-likeness (QED) is 0.540. The third-order valence-corrected chi connectivity index (χ3v) is 3.43. The molecule has 0 fully saturated rings. The Morgan fingerprint density at radius 1 is 0.609 bits per heavy atom. The fraction of sp³-hybridized carbons (Fsp3) is 0. The van der Waals surface area contributed by atoms with E-state index in [-0.39, 0.29) is 0 Å². The van der Waals surface area contributed by atoms with Crippen molar-refractivity contribution in [1.82, 2.24) is 29.4 Å². The predicted molar refractivity (Wildman–Crippen MR) is 88.9 cm³/mol. The van der Waals surface area contributed by atoms with Gasteiger partial charge < -0.3 is 0 Å². The molecular formula is C16H13BN6. The van der Waals surface area contributed by atoms with Crippen molar-refractivity contribution in [2.75, 3.05) is 0 Å². The van der Waals surface area contributed by atoms with Crippen LogP contribution in [0.2, 0.25) is 0 Å². The molecular weight excluding hydrogens is 287 g/mol. The lowest BCUT2D eigenvalue weighted by Gasteiger charge is -1.99. The highest BCUT2D eigenvalue weighted by molar-refractivity contribution is 6.30. The van der Waals surface area contributed by atoms with Crippen LogP contribution in [-0.4, -0.2) is 36.9 Å². The maximum Gasteiger partial charge on any atom is 0.401 e. The summed E-state index contributed by atoms with van der Waals surface area (Å²) in [6.07, 6.45) is 7.38. The van der Waals surface area contributed by atoms with Gasteiger partial charge in [-0.3, -0.25) is 19.2 Å². The average Bonchev–Trinajstić information content (AvgIpc) is 3.27. The number of nitrogens with zero attached hydrogens (tertiary/aromatic N) is 6. The minimum Gasteiger partial charge on any atom is -0.293 e. The van der Waals surface area contributed by atoms with Crippen LogP contribution in [-0.2, 0) is 0 Å². The predicted octanol–water partition coefficient (Wildman–Crippen LogP) is 1.87. The van der Waals surface area contributed by atoms with Crippen LogP contribution in [0.15, 0.2) is 73.3 Å². The SMILES string of the molecule is B(n1ccc(-c2ccccn2)n1)n1ccc(-c2ccccn2)n1. The smallest absolute Gasteiger partial charge is 0.293 e. The van der Waals surface area contributed by atoms with Crippen molar-refractivity contribution in [3.05, 3.63) is 73.3 Å². The fourth-order valence-corrected chi connectivity index (χ4v) is 2.33. The zero-order valence-electron chi connectivity index (χ0n) is 12.3. The lowest BCUT2D eigenvalue weighted by Crippen LogP contribution is -2.17. The summed E-state index contributed by atoms with van der Waals surface area (Å²) < 4.78 is 3.67. The Morgan fingerprint density at radius 3 is 1.57 bits per heavy atom. The van der Waals surface area contributed by atoms with E-state index < -0.39 is 0 Å². The molecule has 4 heterocycles. The van der Waals surface area contributed by atoms with Crippen LogP contribution in [0, 0.1) is 0 Å². The van der Waals surface area contributed by atoms with Crippen molar-refractivity contribution >= 4 is 7.55 Å². The van der Waals surface area contributed by atoms with E-state index in [0.717, 1.165) is 22.8 Å². The highest BCUT2D eigenvalue weighted by Crippen LogP contribution is 2.14. The van der Waals surface area contributed by atoms with Gasteiger partial charge in [-0.05, 0) is 36.4 Å². The van der Waals surface area contributed by atoms with E-state index in [1.807, 2.05) is 70.1 Å². The molecule has 0 aliphatic carbocycles. The van der Waals surface area contributed by atoms with Crippen LogP contribution in [0.25, 0.3) is 22.8 Å². The molecule has 4 rings (SSSR count). The molecule has 6 nitrogen and oxygen atoms in total. The number of rotatable bonds is 4. The van der Waals surface area contributed by atoms with Crippen molar-refractivity contribution in [3.63, 3.8) is 0 Å². The summed E-state index contributed by atoms with van der Waals surface area (Å²) >= 11 is 0. The van der Waals surface area contributed by atoms with E-state index in [4.69, 9.17) is 0 Å². The Morgan fingerprint density at radius 2 is 1.13 bits per heavy atom. The molecule has 23 heavy (non-hydrogen) atoms. The molecule has 0 saturated carbocycles. The van der Waals surface area contributed by atoms with E-state index in [0.29, 0.717) is 7.55 Å². The third kappa shape index (κ3) is 2.89. The Labute approximate surface area is 133 Å². The van der Waals surface area contributed by atoms with E-state index >= 15 is 0 Å². The van der Waals surface area contributed by atoms with Crippen molar-refractivity contribution < 1.29 is 0 Å². The van der Waals surface area contributed by atoms with Gasteiger partial charge in [0.05, 0.1) is 11.4 Å².